The summed E-state index contributed by atoms with van der Waals surface area (Å²) in [6.45, 7) is 3.92. The zero-order valence-corrected chi connectivity index (χ0v) is 12.8. The molecule has 0 unspecified atom stereocenters. The summed E-state index contributed by atoms with van der Waals surface area (Å²) in [7, 11) is 3.23. The van der Waals surface area contributed by atoms with Gasteiger partial charge in [0.1, 0.15) is 5.60 Å². The molecule has 1 amide bonds. The number of benzene rings is 1. The Bertz CT molecular complexity index is 532. The number of carbonyl (C=O) groups is 2. The molecule has 0 aliphatic rings. The summed E-state index contributed by atoms with van der Waals surface area (Å²) in [6, 6.07) is 7.36. The first-order chi connectivity index (χ1) is 9.76. The Hall–Kier alpha value is -2.14. The summed E-state index contributed by atoms with van der Waals surface area (Å²) in [6.07, 6.45) is 2.61. The van der Waals surface area contributed by atoms with Crippen LogP contribution in [0.1, 0.15) is 25.0 Å². The summed E-state index contributed by atoms with van der Waals surface area (Å²) in [5.41, 5.74) is 0.913. The third-order valence-corrected chi connectivity index (χ3v) is 3.19. The fourth-order valence-corrected chi connectivity index (χ4v) is 1.79. The first-order valence-electron chi connectivity index (χ1n) is 6.57. The molecule has 0 saturated carbocycles. The van der Waals surface area contributed by atoms with Crippen LogP contribution < -0.4 is 0 Å². The van der Waals surface area contributed by atoms with Crippen molar-refractivity contribution in [2.75, 3.05) is 14.2 Å². The summed E-state index contributed by atoms with van der Waals surface area (Å²) in [5, 5.41) is 8.57. The Balaban J connectivity index is 2.72. The van der Waals surface area contributed by atoms with Crippen molar-refractivity contribution in [3.63, 3.8) is 0 Å². The minimum Gasteiger partial charge on any atom is -0.478 e. The number of likely N-dealkylation sites (N-methyl/N-ethyl adjacent to an activating group) is 1. The van der Waals surface area contributed by atoms with Gasteiger partial charge in [-0.1, -0.05) is 24.3 Å². The molecule has 0 saturated heterocycles. The quantitative estimate of drug-likeness (QED) is 0.816. The number of methoxy groups -OCH3 is 1. The number of amides is 1. The van der Waals surface area contributed by atoms with Crippen molar-refractivity contribution in [2.24, 2.45) is 0 Å². The molecule has 0 spiro atoms. The van der Waals surface area contributed by atoms with E-state index in [1.165, 1.54) is 13.2 Å². The van der Waals surface area contributed by atoms with Crippen LogP contribution in [-0.2, 0) is 20.9 Å². The fourth-order valence-electron chi connectivity index (χ4n) is 1.79. The van der Waals surface area contributed by atoms with Gasteiger partial charge in [-0.25, -0.2) is 4.79 Å². The Morgan fingerprint density at radius 2 is 1.86 bits per heavy atom. The van der Waals surface area contributed by atoms with Crippen LogP contribution in [-0.4, -0.2) is 41.6 Å². The van der Waals surface area contributed by atoms with E-state index in [1.54, 1.807) is 25.8 Å². The van der Waals surface area contributed by atoms with Gasteiger partial charge in [0.15, 0.2) is 0 Å². The molecular formula is C16H21NO4. The molecule has 0 atom stereocenters. The number of carboxylic acids is 1. The summed E-state index contributed by atoms with van der Waals surface area (Å²) >= 11 is 0. The SMILES string of the molecule is COC(C)(C)C(=O)N(C)Cc1ccc(/C=C/C(=O)O)cc1. The predicted molar refractivity (Wildman–Crippen MR) is 80.7 cm³/mol. The predicted octanol–water partition coefficient (Wildman–Crippen LogP) is 2.17. The number of hydrogen-bond acceptors (Lipinski definition) is 3. The molecule has 0 heterocycles. The van der Waals surface area contributed by atoms with Gasteiger partial charge in [0.25, 0.3) is 5.91 Å². The van der Waals surface area contributed by atoms with E-state index in [-0.39, 0.29) is 5.91 Å². The molecule has 0 fully saturated rings. The van der Waals surface area contributed by atoms with Crippen LogP contribution in [0.2, 0.25) is 0 Å². The molecule has 0 aromatic heterocycles. The molecule has 5 nitrogen and oxygen atoms in total. The van der Waals surface area contributed by atoms with Crippen molar-refractivity contribution in [3.05, 3.63) is 41.5 Å². The van der Waals surface area contributed by atoms with E-state index in [0.717, 1.165) is 17.2 Å². The first kappa shape index (κ1) is 16.9. The standard InChI is InChI=1S/C16H21NO4/c1-16(2,21-4)15(20)17(3)11-13-7-5-12(6-8-13)9-10-14(18)19/h5-10H,11H2,1-4H3,(H,18,19)/b10-9+. The lowest BCUT2D eigenvalue weighted by Gasteiger charge is -2.28. The molecule has 1 rings (SSSR count). The van der Waals surface area contributed by atoms with Crippen molar-refractivity contribution in [1.29, 1.82) is 0 Å². The van der Waals surface area contributed by atoms with Gasteiger partial charge < -0.3 is 14.7 Å². The number of aliphatic carboxylic acids is 1. The molecule has 21 heavy (non-hydrogen) atoms. The molecule has 0 aliphatic carbocycles. The zero-order chi connectivity index (χ0) is 16.0. The number of ether oxygens (including phenoxy) is 1. The maximum atomic E-state index is 12.2. The largest absolute Gasteiger partial charge is 0.478 e. The molecule has 1 aromatic carbocycles. The molecule has 1 aromatic rings. The van der Waals surface area contributed by atoms with E-state index >= 15 is 0 Å². The molecule has 0 radical (unpaired) electrons. The number of nitrogens with zero attached hydrogens (tertiary/aromatic N) is 1. The Labute approximate surface area is 124 Å². The third kappa shape index (κ3) is 5.04. The van der Waals surface area contributed by atoms with Gasteiger partial charge in [0.2, 0.25) is 0 Å². The third-order valence-electron chi connectivity index (χ3n) is 3.19. The normalized spacial score (nSPS) is 11.6. The van der Waals surface area contributed by atoms with Gasteiger partial charge >= 0.3 is 5.97 Å². The smallest absolute Gasteiger partial charge is 0.328 e. The van der Waals surface area contributed by atoms with Crippen LogP contribution in [0.4, 0.5) is 0 Å². The Kier molecular flexibility index (Phi) is 5.67. The number of carbonyl (C=O) groups excluding carboxylic acids is 1. The highest BCUT2D eigenvalue weighted by atomic mass is 16.5. The number of rotatable bonds is 6. The lowest BCUT2D eigenvalue weighted by molar-refractivity contribution is -0.150. The summed E-state index contributed by atoms with van der Waals surface area (Å²) in [5.74, 6) is -1.08. The molecule has 0 aliphatic heterocycles. The number of hydrogen-bond donors (Lipinski definition) is 1. The van der Waals surface area contributed by atoms with E-state index in [4.69, 9.17) is 9.84 Å². The van der Waals surface area contributed by atoms with Gasteiger partial charge in [-0.15, -0.1) is 0 Å². The van der Waals surface area contributed by atoms with Gasteiger partial charge in [-0.05, 0) is 31.1 Å². The van der Waals surface area contributed by atoms with Gasteiger partial charge in [-0.2, -0.15) is 0 Å². The topological polar surface area (TPSA) is 66.8 Å². The van der Waals surface area contributed by atoms with Crippen molar-refractivity contribution in [1.82, 2.24) is 4.90 Å². The van der Waals surface area contributed by atoms with Crippen molar-refractivity contribution in [2.45, 2.75) is 26.0 Å². The van der Waals surface area contributed by atoms with Crippen LogP contribution in [0, 0.1) is 0 Å². The lowest BCUT2D eigenvalue weighted by Crippen LogP contribution is -2.44. The Morgan fingerprint density at radius 3 is 2.33 bits per heavy atom. The van der Waals surface area contributed by atoms with Crippen molar-refractivity contribution >= 4 is 18.0 Å². The molecular weight excluding hydrogens is 270 g/mol. The minimum absolute atomic E-state index is 0.0974. The second kappa shape index (κ2) is 7.04. The first-order valence-corrected chi connectivity index (χ1v) is 6.57. The monoisotopic (exact) mass is 291 g/mol. The maximum absolute atomic E-state index is 12.2. The minimum atomic E-state index is -0.980. The second-order valence-corrected chi connectivity index (χ2v) is 5.29. The summed E-state index contributed by atoms with van der Waals surface area (Å²) < 4.78 is 5.18. The molecule has 0 bridgehead atoms. The van der Waals surface area contributed by atoms with Crippen molar-refractivity contribution in [3.8, 4) is 0 Å². The van der Waals surface area contributed by atoms with E-state index in [1.807, 2.05) is 24.3 Å². The second-order valence-electron chi connectivity index (χ2n) is 5.29. The van der Waals surface area contributed by atoms with E-state index < -0.39 is 11.6 Å². The van der Waals surface area contributed by atoms with E-state index in [9.17, 15) is 9.59 Å². The summed E-state index contributed by atoms with van der Waals surface area (Å²) in [4.78, 5) is 24.2. The van der Waals surface area contributed by atoms with Crippen LogP contribution in [0.25, 0.3) is 6.08 Å². The van der Waals surface area contributed by atoms with Gasteiger partial charge in [0, 0.05) is 26.8 Å². The average Bonchev–Trinajstić information content (AvgIpc) is 2.45. The van der Waals surface area contributed by atoms with Crippen LogP contribution in [0.15, 0.2) is 30.3 Å². The van der Waals surface area contributed by atoms with Crippen LogP contribution in [0.5, 0.6) is 0 Å². The van der Waals surface area contributed by atoms with Crippen molar-refractivity contribution < 1.29 is 19.4 Å². The molecule has 5 heteroatoms. The maximum Gasteiger partial charge on any atom is 0.328 e. The zero-order valence-electron chi connectivity index (χ0n) is 12.8. The lowest BCUT2D eigenvalue weighted by atomic mass is 10.1. The highest BCUT2D eigenvalue weighted by molar-refractivity contribution is 5.85. The van der Waals surface area contributed by atoms with Crippen LogP contribution >= 0.6 is 0 Å². The Morgan fingerprint density at radius 1 is 1.29 bits per heavy atom. The number of carboxylic acid groups (broad SMARTS) is 1. The van der Waals surface area contributed by atoms with E-state index in [0.29, 0.717) is 6.54 Å². The van der Waals surface area contributed by atoms with E-state index in [2.05, 4.69) is 0 Å². The van der Waals surface area contributed by atoms with Crippen LogP contribution in [0.3, 0.4) is 0 Å². The average molecular weight is 291 g/mol. The van der Waals surface area contributed by atoms with Gasteiger partial charge in [-0.3, -0.25) is 4.79 Å². The highest BCUT2D eigenvalue weighted by Gasteiger charge is 2.29. The highest BCUT2D eigenvalue weighted by Crippen LogP contribution is 2.14. The molecule has 114 valence electrons. The fraction of sp³-hybridized carbons (Fsp3) is 0.375. The molecule has 1 N–H and O–H groups in total. The van der Waals surface area contributed by atoms with Gasteiger partial charge in [0.05, 0.1) is 0 Å².